The van der Waals surface area contributed by atoms with Gasteiger partial charge in [0.25, 0.3) is 0 Å². The molecule has 6 heteroatoms. The zero-order chi connectivity index (χ0) is 12.7. The molecule has 1 aromatic heterocycles. The lowest BCUT2D eigenvalue weighted by atomic mass is 10.3. The molecule has 0 atom stereocenters. The third kappa shape index (κ3) is 5.25. The summed E-state index contributed by atoms with van der Waals surface area (Å²) in [5.41, 5.74) is 0. The highest BCUT2D eigenvalue weighted by Gasteiger charge is 2.11. The largest absolute Gasteiger partial charge is 0.324 e. The zero-order valence-corrected chi connectivity index (χ0v) is 11.1. The molecule has 5 nitrogen and oxygen atoms in total. The van der Waals surface area contributed by atoms with Gasteiger partial charge in [0.15, 0.2) is 0 Å². The Morgan fingerprint density at radius 3 is 2.41 bits per heavy atom. The molecule has 1 N–H and O–H groups in total. The van der Waals surface area contributed by atoms with E-state index in [0.717, 1.165) is 30.5 Å². The molecular weight excluding hydrogens is 238 g/mol. The molecular formula is C11H19N3O2S. The van der Waals surface area contributed by atoms with Gasteiger partial charge in [0.05, 0.1) is 4.92 Å². The van der Waals surface area contributed by atoms with Gasteiger partial charge in [0.1, 0.15) is 0 Å². The minimum atomic E-state index is -0.398. The molecule has 0 unspecified atom stereocenters. The predicted octanol–water partition coefficient (Wildman–Crippen LogP) is 1.96. The maximum absolute atomic E-state index is 9.88. The molecule has 0 radical (unpaired) electrons. The Morgan fingerprint density at radius 2 is 2.12 bits per heavy atom. The Kier molecular flexibility index (Phi) is 6.10. The Labute approximate surface area is 106 Å². The van der Waals surface area contributed by atoms with Gasteiger partial charge in [0, 0.05) is 38.3 Å². The number of hydrogen-bond donors (Lipinski definition) is 1. The van der Waals surface area contributed by atoms with E-state index in [1.165, 1.54) is 19.2 Å². The molecule has 2 rings (SSSR count). The molecule has 0 aliphatic carbocycles. The average molecular weight is 257 g/mol. The molecule has 96 valence electrons. The summed E-state index contributed by atoms with van der Waals surface area (Å²) in [6, 6.07) is 3.86. The van der Waals surface area contributed by atoms with Crippen LogP contribution < -0.4 is 5.32 Å². The van der Waals surface area contributed by atoms with Crippen molar-refractivity contribution in [2.75, 3.05) is 26.2 Å². The monoisotopic (exact) mass is 257 g/mol. The van der Waals surface area contributed by atoms with Gasteiger partial charge in [-0.25, -0.2) is 0 Å². The molecule has 1 saturated heterocycles. The van der Waals surface area contributed by atoms with Crippen LogP contribution in [0.5, 0.6) is 0 Å². The molecule has 0 spiro atoms. The summed E-state index contributed by atoms with van der Waals surface area (Å²) in [5.74, 6) is 0. The van der Waals surface area contributed by atoms with Crippen molar-refractivity contribution in [3.05, 3.63) is 27.6 Å². The van der Waals surface area contributed by atoms with Crippen molar-refractivity contribution < 1.29 is 4.92 Å². The zero-order valence-electron chi connectivity index (χ0n) is 10.3. The van der Waals surface area contributed by atoms with Gasteiger partial charge in [0.2, 0.25) is 0 Å². The van der Waals surface area contributed by atoms with Crippen LogP contribution in [0, 0.1) is 10.1 Å². The fraction of sp³-hybridized carbons (Fsp3) is 0.636. The van der Waals surface area contributed by atoms with Crippen molar-refractivity contribution in [1.82, 2.24) is 10.2 Å². The lowest BCUT2D eigenvalue weighted by Crippen LogP contribution is -2.46. The van der Waals surface area contributed by atoms with Gasteiger partial charge < -0.3 is 5.32 Å². The number of rotatable bonds is 2. The standard InChI is InChI=1S/C7H16N2.C4H3NO2S/c1-7(2)9-5-3-8-4-6-9;6-5(7)4-2-1-3-8-4/h7-8H,3-6H2,1-2H3;1-3H. The second-order valence-corrected chi connectivity index (χ2v) is 5.01. The highest BCUT2D eigenvalue weighted by atomic mass is 32.1. The quantitative estimate of drug-likeness (QED) is 0.650. The number of nitrogens with one attached hydrogen (secondary N) is 1. The van der Waals surface area contributed by atoms with E-state index >= 15 is 0 Å². The molecule has 0 amide bonds. The third-order valence-corrected chi connectivity index (χ3v) is 3.39. The topological polar surface area (TPSA) is 58.4 Å². The summed E-state index contributed by atoms with van der Waals surface area (Å²) in [6.45, 7) is 9.28. The van der Waals surface area contributed by atoms with Crippen LogP contribution >= 0.6 is 11.3 Å². The molecule has 2 heterocycles. The van der Waals surface area contributed by atoms with Crippen LogP contribution in [0.15, 0.2) is 17.5 Å². The molecule has 0 saturated carbocycles. The van der Waals surface area contributed by atoms with Crippen LogP contribution in [0.25, 0.3) is 0 Å². The van der Waals surface area contributed by atoms with Crippen LogP contribution in [0.1, 0.15) is 13.8 Å². The van der Waals surface area contributed by atoms with Crippen molar-refractivity contribution in [2.45, 2.75) is 19.9 Å². The van der Waals surface area contributed by atoms with Crippen LogP contribution in [0.3, 0.4) is 0 Å². The van der Waals surface area contributed by atoms with E-state index in [9.17, 15) is 10.1 Å². The smallest absolute Gasteiger partial charge is 0.314 e. The fourth-order valence-electron chi connectivity index (χ4n) is 1.57. The molecule has 1 aromatic rings. The van der Waals surface area contributed by atoms with Crippen molar-refractivity contribution in [3.8, 4) is 0 Å². The van der Waals surface area contributed by atoms with Gasteiger partial charge >= 0.3 is 5.00 Å². The summed E-state index contributed by atoms with van der Waals surface area (Å²) < 4.78 is 0. The first-order valence-electron chi connectivity index (χ1n) is 5.74. The maximum atomic E-state index is 9.88. The van der Waals surface area contributed by atoms with E-state index in [4.69, 9.17) is 0 Å². The summed E-state index contributed by atoms with van der Waals surface area (Å²) in [7, 11) is 0. The van der Waals surface area contributed by atoms with E-state index < -0.39 is 4.92 Å². The van der Waals surface area contributed by atoms with Gasteiger partial charge in [-0.3, -0.25) is 15.0 Å². The summed E-state index contributed by atoms with van der Waals surface area (Å²) in [6.07, 6.45) is 0. The van der Waals surface area contributed by atoms with E-state index in [2.05, 4.69) is 24.1 Å². The van der Waals surface area contributed by atoms with E-state index in [1.54, 1.807) is 11.4 Å². The van der Waals surface area contributed by atoms with Crippen LogP contribution in [-0.2, 0) is 0 Å². The lowest BCUT2D eigenvalue weighted by molar-refractivity contribution is -0.380. The Balaban J connectivity index is 0.000000171. The van der Waals surface area contributed by atoms with Crippen LogP contribution in [0.4, 0.5) is 5.00 Å². The molecule has 0 bridgehead atoms. The minimum absolute atomic E-state index is 0.199. The summed E-state index contributed by atoms with van der Waals surface area (Å²) in [5, 5.41) is 15.1. The molecule has 0 aromatic carbocycles. The Bertz CT molecular complexity index is 321. The second kappa shape index (κ2) is 7.37. The SMILES string of the molecule is CC(C)N1CCNCC1.O=[N+]([O-])c1cccs1. The van der Waals surface area contributed by atoms with Crippen molar-refractivity contribution in [2.24, 2.45) is 0 Å². The number of thiophene rings is 1. The van der Waals surface area contributed by atoms with Gasteiger partial charge in [-0.05, 0) is 25.3 Å². The molecule has 17 heavy (non-hydrogen) atoms. The minimum Gasteiger partial charge on any atom is -0.314 e. The highest BCUT2D eigenvalue weighted by molar-refractivity contribution is 7.13. The second-order valence-electron chi connectivity index (χ2n) is 4.09. The van der Waals surface area contributed by atoms with Crippen molar-refractivity contribution >= 4 is 16.3 Å². The molecule has 1 aliphatic rings. The van der Waals surface area contributed by atoms with Gasteiger partial charge in [-0.2, -0.15) is 0 Å². The maximum Gasteiger partial charge on any atom is 0.324 e. The first-order chi connectivity index (χ1) is 8.11. The number of piperazine rings is 1. The van der Waals surface area contributed by atoms with E-state index in [-0.39, 0.29) is 5.00 Å². The lowest BCUT2D eigenvalue weighted by Gasteiger charge is -2.30. The predicted molar refractivity (Wildman–Crippen MR) is 70.6 cm³/mol. The fourth-order valence-corrected chi connectivity index (χ4v) is 2.11. The first-order valence-corrected chi connectivity index (χ1v) is 6.62. The van der Waals surface area contributed by atoms with Gasteiger partial charge in [-0.15, -0.1) is 0 Å². The number of hydrogen-bond acceptors (Lipinski definition) is 5. The average Bonchev–Trinajstić information content (AvgIpc) is 2.84. The first kappa shape index (κ1) is 14.1. The number of nitrogens with zero attached hydrogens (tertiary/aromatic N) is 2. The molecule has 1 aliphatic heterocycles. The molecule has 1 fully saturated rings. The summed E-state index contributed by atoms with van der Waals surface area (Å²) >= 11 is 1.13. The third-order valence-electron chi connectivity index (χ3n) is 2.57. The number of nitro groups is 1. The highest BCUT2D eigenvalue weighted by Crippen LogP contribution is 2.16. The Hall–Kier alpha value is -0.980. The van der Waals surface area contributed by atoms with Gasteiger partial charge in [-0.1, -0.05) is 11.3 Å². The van der Waals surface area contributed by atoms with E-state index in [0.29, 0.717) is 0 Å². The Morgan fingerprint density at radius 1 is 1.47 bits per heavy atom. The van der Waals surface area contributed by atoms with Crippen LogP contribution in [0.2, 0.25) is 0 Å². The van der Waals surface area contributed by atoms with E-state index in [1.807, 2.05) is 0 Å². The van der Waals surface area contributed by atoms with Crippen molar-refractivity contribution in [1.29, 1.82) is 0 Å². The summed E-state index contributed by atoms with van der Waals surface area (Å²) in [4.78, 5) is 12.0. The van der Waals surface area contributed by atoms with Crippen LogP contribution in [-0.4, -0.2) is 42.0 Å². The van der Waals surface area contributed by atoms with Crippen molar-refractivity contribution in [3.63, 3.8) is 0 Å². The normalized spacial score (nSPS) is 16.4.